The van der Waals surface area contributed by atoms with Crippen LogP contribution in [0.25, 0.3) is 0 Å². The summed E-state index contributed by atoms with van der Waals surface area (Å²) in [6.07, 6.45) is 0.653. The van der Waals surface area contributed by atoms with E-state index in [-0.39, 0.29) is 23.2 Å². The molecular formula is C11H16Cl3NO2. The molecule has 0 aliphatic heterocycles. The van der Waals surface area contributed by atoms with Crippen LogP contribution in [-0.4, -0.2) is 16.3 Å². The second-order valence-electron chi connectivity index (χ2n) is 3.71. The zero-order valence-corrected chi connectivity index (χ0v) is 11.7. The first-order valence-corrected chi connectivity index (χ1v) is 5.84. The van der Waals surface area contributed by atoms with Crippen LogP contribution in [0.3, 0.4) is 0 Å². The highest BCUT2D eigenvalue weighted by Gasteiger charge is 2.21. The van der Waals surface area contributed by atoms with Gasteiger partial charge in [0.2, 0.25) is 0 Å². The Labute approximate surface area is 117 Å². The third kappa shape index (κ3) is 4.19. The number of phenols is 1. The summed E-state index contributed by atoms with van der Waals surface area (Å²) in [7, 11) is 0. The predicted molar refractivity (Wildman–Crippen MR) is 73.2 cm³/mol. The average Bonchev–Trinajstić information content (AvgIpc) is 2.22. The van der Waals surface area contributed by atoms with Gasteiger partial charge in [-0.1, -0.05) is 36.5 Å². The molecule has 0 aliphatic rings. The van der Waals surface area contributed by atoms with Gasteiger partial charge in [0.1, 0.15) is 5.75 Å². The van der Waals surface area contributed by atoms with Gasteiger partial charge in [0, 0.05) is 10.6 Å². The number of aromatic hydroxyl groups is 1. The zero-order valence-electron chi connectivity index (χ0n) is 9.36. The summed E-state index contributed by atoms with van der Waals surface area (Å²) in [6, 6.07) is 2.27. The lowest BCUT2D eigenvalue weighted by molar-refractivity contribution is 0.133. The summed E-state index contributed by atoms with van der Waals surface area (Å²) >= 11 is 11.6. The van der Waals surface area contributed by atoms with Gasteiger partial charge in [-0.05, 0) is 18.6 Å². The number of hydrogen-bond donors (Lipinski definition) is 3. The summed E-state index contributed by atoms with van der Waals surface area (Å²) in [5.74, 6) is -0.117. The molecule has 98 valence electrons. The van der Waals surface area contributed by atoms with Gasteiger partial charge in [0.05, 0.1) is 17.2 Å². The molecular weight excluding hydrogens is 284 g/mol. The van der Waals surface area contributed by atoms with E-state index in [1.807, 2.05) is 6.92 Å². The van der Waals surface area contributed by atoms with Gasteiger partial charge in [0.25, 0.3) is 0 Å². The Bertz CT molecular complexity index is 374. The Hall–Kier alpha value is -0.190. The Kier molecular flexibility index (Phi) is 7.21. The van der Waals surface area contributed by atoms with E-state index in [1.165, 1.54) is 12.1 Å². The normalized spacial score (nSPS) is 13.9. The Balaban J connectivity index is 0.00000256. The molecule has 4 N–H and O–H groups in total. The van der Waals surface area contributed by atoms with E-state index < -0.39 is 12.1 Å². The predicted octanol–water partition coefficient (Wildman–Crippen LogP) is 3.28. The van der Waals surface area contributed by atoms with E-state index in [0.717, 1.165) is 6.42 Å². The maximum Gasteiger partial charge on any atom is 0.139 e. The van der Waals surface area contributed by atoms with Crippen LogP contribution < -0.4 is 5.73 Å². The molecule has 1 rings (SSSR count). The smallest absolute Gasteiger partial charge is 0.139 e. The fraction of sp³-hybridized carbons (Fsp3) is 0.455. The van der Waals surface area contributed by atoms with Gasteiger partial charge >= 0.3 is 0 Å². The topological polar surface area (TPSA) is 66.5 Å². The molecule has 0 saturated carbocycles. The van der Waals surface area contributed by atoms with Gasteiger partial charge in [0.15, 0.2) is 0 Å². The second kappa shape index (κ2) is 7.29. The van der Waals surface area contributed by atoms with Crippen molar-refractivity contribution in [2.75, 3.05) is 0 Å². The Morgan fingerprint density at radius 2 is 1.94 bits per heavy atom. The lowest BCUT2D eigenvalue weighted by Gasteiger charge is -2.20. The molecule has 0 aromatic heterocycles. The highest BCUT2D eigenvalue weighted by Crippen LogP contribution is 2.35. The molecule has 6 heteroatoms. The number of benzene rings is 1. The zero-order chi connectivity index (χ0) is 12.3. The van der Waals surface area contributed by atoms with Crippen LogP contribution in [0.1, 0.15) is 31.4 Å². The monoisotopic (exact) mass is 299 g/mol. The number of aliphatic hydroxyl groups excluding tert-OH is 1. The number of halogens is 3. The first-order chi connectivity index (χ1) is 7.47. The van der Waals surface area contributed by atoms with Gasteiger partial charge in [-0.15, -0.1) is 12.4 Å². The minimum Gasteiger partial charge on any atom is -0.506 e. The van der Waals surface area contributed by atoms with Crippen LogP contribution in [-0.2, 0) is 0 Å². The Morgan fingerprint density at radius 1 is 1.35 bits per heavy atom. The quantitative estimate of drug-likeness (QED) is 0.799. The minimum atomic E-state index is -0.717. The molecule has 0 bridgehead atoms. The lowest BCUT2D eigenvalue weighted by atomic mass is 9.98. The average molecular weight is 301 g/mol. The van der Waals surface area contributed by atoms with Crippen LogP contribution in [0.5, 0.6) is 5.75 Å². The highest BCUT2D eigenvalue weighted by atomic mass is 35.5. The second-order valence-corrected chi connectivity index (χ2v) is 4.55. The number of nitrogens with two attached hydrogens (primary N) is 1. The van der Waals surface area contributed by atoms with E-state index in [0.29, 0.717) is 17.0 Å². The summed E-state index contributed by atoms with van der Waals surface area (Å²) in [5.41, 5.74) is 6.21. The molecule has 3 nitrogen and oxygen atoms in total. The highest BCUT2D eigenvalue weighted by molar-refractivity contribution is 6.35. The SMILES string of the molecule is CCC[C@@H](O)[C@@H](N)c1cc(Cl)cc(Cl)c1O.Cl. The first-order valence-electron chi connectivity index (χ1n) is 5.09. The molecule has 0 unspecified atom stereocenters. The van der Waals surface area contributed by atoms with Crippen molar-refractivity contribution in [3.05, 3.63) is 27.7 Å². The van der Waals surface area contributed by atoms with Crippen molar-refractivity contribution in [1.82, 2.24) is 0 Å². The third-order valence-corrected chi connectivity index (χ3v) is 2.92. The summed E-state index contributed by atoms with van der Waals surface area (Å²) < 4.78 is 0. The molecule has 0 amide bonds. The van der Waals surface area contributed by atoms with Crippen LogP contribution >= 0.6 is 35.6 Å². The fourth-order valence-electron chi connectivity index (χ4n) is 1.52. The summed E-state index contributed by atoms with van der Waals surface area (Å²) in [4.78, 5) is 0. The van der Waals surface area contributed by atoms with Crippen molar-refractivity contribution in [3.63, 3.8) is 0 Å². The molecule has 0 fully saturated rings. The molecule has 0 radical (unpaired) electrons. The van der Waals surface area contributed by atoms with E-state index in [2.05, 4.69) is 0 Å². The molecule has 0 saturated heterocycles. The maximum atomic E-state index is 9.76. The van der Waals surface area contributed by atoms with Crippen LogP contribution in [0, 0.1) is 0 Å². The van der Waals surface area contributed by atoms with Crippen molar-refractivity contribution >= 4 is 35.6 Å². The third-order valence-electron chi connectivity index (χ3n) is 2.42. The van der Waals surface area contributed by atoms with Gasteiger partial charge in [-0.25, -0.2) is 0 Å². The van der Waals surface area contributed by atoms with E-state index in [1.54, 1.807) is 0 Å². The van der Waals surface area contributed by atoms with Crippen molar-refractivity contribution in [3.8, 4) is 5.75 Å². The fourth-order valence-corrected chi connectivity index (χ4v) is 2.03. The molecule has 1 aromatic carbocycles. The molecule has 2 atom stereocenters. The number of phenolic OH excluding ortho intramolecular Hbond substituents is 1. The van der Waals surface area contributed by atoms with Crippen molar-refractivity contribution in [2.24, 2.45) is 5.73 Å². The minimum absolute atomic E-state index is 0. The Morgan fingerprint density at radius 3 is 2.47 bits per heavy atom. The van der Waals surface area contributed by atoms with Crippen LogP contribution in [0.15, 0.2) is 12.1 Å². The van der Waals surface area contributed by atoms with E-state index in [9.17, 15) is 10.2 Å². The molecule has 1 aromatic rings. The van der Waals surface area contributed by atoms with E-state index >= 15 is 0 Å². The van der Waals surface area contributed by atoms with Crippen molar-refractivity contribution in [1.29, 1.82) is 0 Å². The van der Waals surface area contributed by atoms with Gasteiger partial charge in [-0.3, -0.25) is 0 Å². The van der Waals surface area contributed by atoms with Gasteiger partial charge in [-0.2, -0.15) is 0 Å². The van der Waals surface area contributed by atoms with Crippen LogP contribution in [0.2, 0.25) is 10.0 Å². The number of aliphatic hydroxyl groups is 1. The molecule has 17 heavy (non-hydrogen) atoms. The van der Waals surface area contributed by atoms with E-state index in [4.69, 9.17) is 28.9 Å². The lowest BCUT2D eigenvalue weighted by Crippen LogP contribution is -2.26. The summed E-state index contributed by atoms with van der Waals surface area (Å²) in [6.45, 7) is 1.95. The number of hydrogen-bond acceptors (Lipinski definition) is 3. The largest absolute Gasteiger partial charge is 0.506 e. The molecule has 0 heterocycles. The molecule has 0 spiro atoms. The van der Waals surface area contributed by atoms with Crippen molar-refractivity contribution in [2.45, 2.75) is 31.9 Å². The maximum absolute atomic E-state index is 9.76. The summed E-state index contributed by atoms with van der Waals surface area (Å²) in [5, 5.41) is 20.0. The first kappa shape index (κ1) is 16.8. The van der Waals surface area contributed by atoms with Crippen LogP contribution in [0.4, 0.5) is 0 Å². The standard InChI is InChI=1S/C11H15Cl2NO2.ClH/c1-2-3-9(15)10(14)7-4-6(12)5-8(13)11(7)16;/h4-5,9-10,15-16H,2-3,14H2,1H3;1H/t9-,10+;/m1./s1. The van der Waals surface area contributed by atoms with Gasteiger partial charge < -0.3 is 15.9 Å². The molecule has 0 aliphatic carbocycles. The van der Waals surface area contributed by atoms with Crippen molar-refractivity contribution < 1.29 is 10.2 Å². The number of rotatable bonds is 4.